The Hall–Kier alpha value is -8.35. The Labute approximate surface area is 353 Å². The summed E-state index contributed by atoms with van der Waals surface area (Å²) in [5, 5.41) is 2.10. The molecule has 61 heavy (non-hydrogen) atoms. The standard InChI is InChI=1S/C55H36N6/c1-6-17-37(18-7-1)42-27-16-28-43(33-42)44-29-31-50-46(34-44)47-35-45(54-59-52(40-23-12-4-13-24-40)58-53(60-54)41-25-14-5-15-26-41)30-32-51(47)61(50)55-56-48(38-19-8-2-9-20-38)36-49(57-55)39-21-10-3-11-22-39/h1-36H. The number of hydrogen-bond donors (Lipinski definition) is 0. The molecule has 0 atom stereocenters. The van der Waals surface area contributed by atoms with Crippen LogP contribution < -0.4 is 0 Å². The topological polar surface area (TPSA) is 69.4 Å². The summed E-state index contributed by atoms with van der Waals surface area (Å²) < 4.78 is 2.19. The number of hydrogen-bond acceptors (Lipinski definition) is 5. The molecule has 0 aliphatic carbocycles. The van der Waals surface area contributed by atoms with Crippen molar-refractivity contribution in [2.24, 2.45) is 0 Å². The van der Waals surface area contributed by atoms with Crippen molar-refractivity contribution in [1.82, 2.24) is 29.5 Å². The Morgan fingerprint density at radius 2 is 0.607 bits per heavy atom. The molecule has 11 rings (SSSR count). The van der Waals surface area contributed by atoms with E-state index in [9.17, 15) is 0 Å². The first kappa shape index (κ1) is 35.8. The van der Waals surface area contributed by atoms with Gasteiger partial charge in [-0.05, 0) is 64.7 Å². The smallest absolute Gasteiger partial charge is 0.235 e. The predicted octanol–water partition coefficient (Wildman–Crippen LogP) is 13.4. The van der Waals surface area contributed by atoms with Gasteiger partial charge in [-0.15, -0.1) is 0 Å². The molecule has 0 bridgehead atoms. The molecule has 0 spiro atoms. The minimum absolute atomic E-state index is 0.588. The van der Waals surface area contributed by atoms with Crippen LogP contribution in [0.25, 0.3) is 107 Å². The first-order valence-corrected chi connectivity index (χ1v) is 20.3. The predicted molar refractivity (Wildman–Crippen MR) is 248 cm³/mol. The Kier molecular flexibility index (Phi) is 9.06. The lowest BCUT2D eigenvalue weighted by Crippen LogP contribution is -2.04. The SMILES string of the molecule is c1ccc(-c2cccc(-c3ccc4c(c3)c3cc(-c5nc(-c6ccccc6)nc(-c6ccccc6)n5)ccc3n4-c3nc(-c4ccccc4)cc(-c4ccccc4)n3)c2)cc1. The molecule has 6 heteroatoms. The number of fused-ring (bicyclic) bond motifs is 3. The molecule has 0 aliphatic rings. The average molecular weight is 781 g/mol. The molecule has 8 aromatic carbocycles. The van der Waals surface area contributed by atoms with Crippen LogP contribution in [0.1, 0.15) is 0 Å². The van der Waals surface area contributed by atoms with Crippen molar-refractivity contribution >= 4 is 21.8 Å². The quantitative estimate of drug-likeness (QED) is 0.154. The maximum absolute atomic E-state index is 5.29. The Morgan fingerprint density at radius 3 is 1.10 bits per heavy atom. The summed E-state index contributed by atoms with van der Waals surface area (Å²) in [6.45, 7) is 0. The van der Waals surface area contributed by atoms with Gasteiger partial charge in [-0.2, -0.15) is 0 Å². The van der Waals surface area contributed by atoms with Gasteiger partial charge in [0.2, 0.25) is 5.95 Å². The molecule has 11 aromatic rings. The van der Waals surface area contributed by atoms with Gasteiger partial charge in [0.25, 0.3) is 0 Å². The van der Waals surface area contributed by atoms with Gasteiger partial charge in [0.1, 0.15) is 0 Å². The highest BCUT2D eigenvalue weighted by atomic mass is 15.2. The maximum Gasteiger partial charge on any atom is 0.235 e. The van der Waals surface area contributed by atoms with Gasteiger partial charge in [0, 0.05) is 38.6 Å². The van der Waals surface area contributed by atoms with Crippen LogP contribution in [-0.4, -0.2) is 29.5 Å². The zero-order valence-corrected chi connectivity index (χ0v) is 33.0. The first-order chi connectivity index (χ1) is 30.2. The molecule has 0 aliphatic heterocycles. The van der Waals surface area contributed by atoms with Crippen LogP contribution in [0.5, 0.6) is 0 Å². The van der Waals surface area contributed by atoms with Crippen LogP contribution in [0.3, 0.4) is 0 Å². The van der Waals surface area contributed by atoms with Gasteiger partial charge in [-0.3, -0.25) is 4.57 Å². The van der Waals surface area contributed by atoms with Crippen LogP contribution in [0.2, 0.25) is 0 Å². The van der Waals surface area contributed by atoms with Gasteiger partial charge in [0.15, 0.2) is 17.5 Å². The second-order valence-corrected chi connectivity index (χ2v) is 15.0. The van der Waals surface area contributed by atoms with Gasteiger partial charge in [-0.1, -0.05) is 176 Å². The molecule has 286 valence electrons. The second kappa shape index (κ2) is 15.4. The lowest BCUT2D eigenvalue weighted by atomic mass is 9.98. The van der Waals surface area contributed by atoms with Crippen LogP contribution >= 0.6 is 0 Å². The van der Waals surface area contributed by atoms with E-state index in [2.05, 4.69) is 126 Å². The molecule has 0 radical (unpaired) electrons. The van der Waals surface area contributed by atoms with Gasteiger partial charge in [0.05, 0.1) is 22.4 Å². The van der Waals surface area contributed by atoms with Crippen molar-refractivity contribution in [2.45, 2.75) is 0 Å². The Balaban J connectivity index is 1.15. The molecular weight excluding hydrogens is 745 g/mol. The molecule has 0 saturated heterocycles. The number of aromatic nitrogens is 6. The highest BCUT2D eigenvalue weighted by Crippen LogP contribution is 2.38. The van der Waals surface area contributed by atoms with Gasteiger partial charge >= 0.3 is 0 Å². The fraction of sp³-hybridized carbons (Fsp3) is 0. The first-order valence-electron chi connectivity index (χ1n) is 20.3. The number of benzene rings is 8. The minimum Gasteiger partial charge on any atom is -0.278 e. The molecule has 6 nitrogen and oxygen atoms in total. The molecule has 0 amide bonds. The van der Waals surface area contributed by atoms with E-state index >= 15 is 0 Å². The third-order valence-corrected chi connectivity index (χ3v) is 11.1. The van der Waals surface area contributed by atoms with Crippen LogP contribution in [0.4, 0.5) is 0 Å². The van der Waals surface area contributed by atoms with E-state index < -0.39 is 0 Å². The van der Waals surface area contributed by atoms with Crippen molar-refractivity contribution in [2.75, 3.05) is 0 Å². The summed E-state index contributed by atoms with van der Waals surface area (Å²) in [6.07, 6.45) is 0. The molecule has 3 heterocycles. The highest BCUT2D eigenvalue weighted by molar-refractivity contribution is 6.11. The third kappa shape index (κ3) is 6.92. The summed E-state index contributed by atoms with van der Waals surface area (Å²) in [5.41, 5.74) is 13.0. The zero-order chi connectivity index (χ0) is 40.5. The third-order valence-electron chi connectivity index (χ3n) is 11.1. The van der Waals surface area contributed by atoms with Crippen LogP contribution in [0.15, 0.2) is 218 Å². The molecule has 0 unspecified atom stereocenters. The van der Waals surface area contributed by atoms with Crippen LogP contribution in [0, 0.1) is 0 Å². The fourth-order valence-electron chi connectivity index (χ4n) is 8.05. The van der Waals surface area contributed by atoms with Crippen molar-refractivity contribution in [3.63, 3.8) is 0 Å². The van der Waals surface area contributed by atoms with E-state index in [1.54, 1.807) is 0 Å². The molecule has 0 N–H and O–H groups in total. The summed E-state index contributed by atoms with van der Waals surface area (Å²) in [6, 6.07) is 75.2. The molecule has 0 saturated carbocycles. The van der Waals surface area contributed by atoms with E-state index in [4.69, 9.17) is 24.9 Å². The van der Waals surface area contributed by atoms with E-state index in [1.165, 1.54) is 11.1 Å². The fourth-order valence-corrected chi connectivity index (χ4v) is 8.05. The summed E-state index contributed by atoms with van der Waals surface area (Å²) >= 11 is 0. The van der Waals surface area contributed by atoms with Gasteiger partial charge in [-0.25, -0.2) is 24.9 Å². The summed E-state index contributed by atoms with van der Waals surface area (Å²) in [4.78, 5) is 25.7. The monoisotopic (exact) mass is 780 g/mol. The molecular formula is C55H36N6. The maximum atomic E-state index is 5.29. The second-order valence-electron chi connectivity index (χ2n) is 15.0. The molecule has 0 fully saturated rings. The number of rotatable bonds is 8. The zero-order valence-electron chi connectivity index (χ0n) is 33.0. The highest BCUT2D eigenvalue weighted by Gasteiger charge is 2.20. The minimum atomic E-state index is 0.588. The van der Waals surface area contributed by atoms with Crippen LogP contribution in [-0.2, 0) is 0 Å². The van der Waals surface area contributed by atoms with Crippen molar-refractivity contribution in [3.8, 4) is 84.9 Å². The van der Waals surface area contributed by atoms with E-state index in [-0.39, 0.29) is 0 Å². The summed E-state index contributed by atoms with van der Waals surface area (Å²) in [5.74, 6) is 2.42. The lowest BCUT2D eigenvalue weighted by molar-refractivity contribution is 0.995. The van der Waals surface area contributed by atoms with Crippen molar-refractivity contribution < 1.29 is 0 Å². The van der Waals surface area contributed by atoms with E-state index in [0.717, 1.165) is 72.1 Å². The van der Waals surface area contributed by atoms with E-state index in [0.29, 0.717) is 23.4 Å². The lowest BCUT2D eigenvalue weighted by Gasteiger charge is -2.12. The average Bonchev–Trinajstić information content (AvgIpc) is 3.68. The summed E-state index contributed by atoms with van der Waals surface area (Å²) in [7, 11) is 0. The van der Waals surface area contributed by atoms with E-state index in [1.807, 2.05) is 97.1 Å². The van der Waals surface area contributed by atoms with Gasteiger partial charge < -0.3 is 0 Å². The van der Waals surface area contributed by atoms with Crippen molar-refractivity contribution in [3.05, 3.63) is 218 Å². The van der Waals surface area contributed by atoms with Crippen molar-refractivity contribution in [1.29, 1.82) is 0 Å². The normalized spacial score (nSPS) is 11.3. The molecule has 3 aromatic heterocycles. The largest absolute Gasteiger partial charge is 0.278 e. The number of nitrogens with zero attached hydrogens (tertiary/aromatic N) is 6. The Morgan fingerprint density at radius 1 is 0.246 bits per heavy atom. The Bertz CT molecular complexity index is 3220.